The third-order valence-electron chi connectivity index (χ3n) is 6.57. The van der Waals surface area contributed by atoms with Crippen LogP contribution in [-0.4, -0.2) is 40.1 Å². The van der Waals surface area contributed by atoms with Gasteiger partial charge in [-0.15, -0.1) is 0 Å². The molecule has 0 fully saturated rings. The number of nitrogens with one attached hydrogen (secondary N) is 1. The molecule has 0 radical (unpaired) electrons. The molecule has 196 valence electrons. The first-order chi connectivity index (χ1) is 17.6. The topological polar surface area (TPSA) is 77.6 Å². The van der Waals surface area contributed by atoms with Crippen molar-refractivity contribution in [1.82, 2.24) is 4.98 Å². The lowest BCUT2D eigenvalue weighted by molar-refractivity contribution is 0.0589. The Bertz CT molecular complexity index is 1220. The van der Waals surface area contributed by atoms with Gasteiger partial charge >= 0.3 is 5.97 Å². The summed E-state index contributed by atoms with van der Waals surface area (Å²) in [6.45, 7) is 11.6. The number of hydrogen-bond acceptors (Lipinski definition) is 5. The maximum Gasteiger partial charge on any atom is 0.358 e. The van der Waals surface area contributed by atoms with Crippen LogP contribution in [0.3, 0.4) is 0 Å². The highest BCUT2D eigenvalue weighted by Crippen LogP contribution is 2.37. The Hall–Kier alpha value is -3.42. The molecule has 0 saturated heterocycles. The van der Waals surface area contributed by atoms with E-state index in [2.05, 4.69) is 80.9 Å². The Balaban J connectivity index is 1.75. The lowest BCUT2D eigenvalue weighted by Gasteiger charge is -2.43. The molecule has 7 heteroatoms. The molecule has 1 aromatic heterocycles. The van der Waals surface area contributed by atoms with E-state index < -0.39 is 14.3 Å². The monoisotopic (exact) mass is 519 g/mol. The van der Waals surface area contributed by atoms with Crippen LogP contribution in [0.2, 0.25) is 5.04 Å². The first-order valence-electron chi connectivity index (χ1n) is 12.4. The summed E-state index contributed by atoms with van der Waals surface area (Å²) in [5, 5.41) is 2.39. The van der Waals surface area contributed by atoms with Crippen LogP contribution in [0.4, 0.5) is 0 Å². The molecule has 6 nitrogen and oxygen atoms in total. The van der Waals surface area contributed by atoms with E-state index in [0.29, 0.717) is 31.6 Å². The van der Waals surface area contributed by atoms with Crippen LogP contribution in [0.5, 0.6) is 5.75 Å². The van der Waals surface area contributed by atoms with Crippen LogP contribution in [0.15, 0.2) is 83.7 Å². The molecule has 1 N–H and O–H groups in total. The maximum absolute atomic E-state index is 12.4. The summed E-state index contributed by atoms with van der Waals surface area (Å²) in [4.78, 5) is 27.5. The van der Waals surface area contributed by atoms with Crippen molar-refractivity contribution < 1.29 is 18.7 Å². The average Bonchev–Trinajstić information content (AvgIpc) is 2.89. The van der Waals surface area contributed by atoms with Gasteiger partial charge in [0.25, 0.3) is 8.32 Å². The van der Waals surface area contributed by atoms with Crippen molar-refractivity contribution in [2.45, 2.75) is 45.1 Å². The smallest absolute Gasteiger partial charge is 0.358 e. The quantitative estimate of drug-likeness (QED) is 0.227. The van der Waals surface area contributed by atoms with Gasteiger partial charge in [-0.25, -0.2) is 4.79 Å². The number of carbonyl (C=O) groups excluding carboxylic acids is 1. The molecule has 3 rings (SSSR count). The lowest BCUT2D eigenvalue weighted by Crippen LogP contribution is -2.66. The molecular formula is C30H37NO5Si. The minimum absolute atomic E-state index is 0.0214. The number of aromatic amines is 1. The van der Waals surface area contributed by atoms with E-state index in [9.17, 15) is 9.59 Å². The molecule has 1 heterocycles. The Labute approximate surface area is 220 Å². The summed E-state index contributed by atoms with van der Waals surface area (Å²) in [6.07, 6.45) is 1.86. The minimum Gasteiger partial charge on any atom is -0.491 e. The van der Waals surface area contributed by atoms with Crippen molar-refractivity contribution >= 4 is 24.7 Å². The van der Waals surface area contributed by atoms with Crippen LogP contribution in [0.1, 0.15) is 49.8 Å². The predicted octanol–water partition coefficient (Wildman–Crippen LogP) is 4.63. The summed E-state index contributed by atoms with van der Waals surface area (Å²) in [5.41, 5.74) is 1.29. The fourth-order valence-corrected chi connectivity index (χ4v) is 9.29. The summed E-state index contributed by atoms with van der Waals surface area (Å²) in [5.74, 6) is -0.693. The Kier molecular flexibility index (Phi) is 9.29. The van der Waals surface area contributed by atoms with Crippen molar-refractivity contribution in [2.24, 2.45) is 0 Å². The first-order valence-corrected chi connectivity index (χ1v) is 14.3. The van der Waals surface area contributed by atoms with Gasteiger partial charge in [-0.3, -0.25) is 4.79 Å². The maximum atomic E-state index is 12.4. The van der Waals surface area contributed by atoms with Gasteiger partial charge in [-0.1, -0.05) is 93.6 Å². The summed E-state index contributed by atoms with van der Waals surface area (Å²) in [6, 6.07) is 22.5. The Morgan fingerprint density at radius 1 is 0.946 bits per heavy atom. The van der Waals surface area contributed by atoms with Gasteiger partial charge in [-0.05, 0) is 34.7 Å². The fourth-order valence-electron chi connectivity index (χ4n) is 4.73. The molecule has 0 spiro atoms. The lowest BCUT2D eigenvalue weighted by atomic mass is 10.1. The molecular weight excluding hydrogens is 482 g/mol. The van der Waals surface area contributed by atoms with Gasteiger partial charge in [0.2, 0.25) is 5.43 Å². The zero-order chi connectivity index (χ0) is 27.1. The Morgan fingerprint density at radius 3 is 2.00 bits per heavy atom. The highest BCUT2D eigenvalue weighted by Gasteiger charge is 2.49. The van der Waals surface area contributed by atoms with E-state index in [1.807, 2.05) is 12.1 Å². The normalized spacial score (nSPS) is 11.7. The molecule has 0 aliphatic rings. The second-order valence-electron chi connectivity index (χ2n) is 10.1. The van der Waals surface area contributed by atoms with E-state index in [1.54, 1.807) is 0 Å². The summed E-state index contributed by atoms with van der Waals surface area (Å²) in [7, 11) is 0.0166. The van der Waals surface area contributed by atoms with Gasteiger partial charge in [0.1, 0.15) is 0 Å². The van der Waals surface area contributed by atoms with E-state index >= 15 is 0 Å². The Morgan fingerprint density at radius 2 is 1.51 bits per heavy atom. The van der Waals surface area contributed by atoms with Gasteiger partial charge in [0.15, 0.2) is 11.4 Å². The molecule has 0 aliphatic carbocycles. The SMILES string of the molecule is C=C(CCO[Si](c1ccccc1)(c1ccccc1)C(C)(C)C)CCc1cc(=O)c(OC)c(C(=O)OC)[nH]1. The second kappa shape index (κ2) is 12.2. The third kappa shape index (κ3) is 6.29. The number of aryl methyl sites for hydroxylation is 1. The van der Waals surface area contributed by atoms with Crippen molar-refractivity contribution in [3.63, 3.8) is 0 Å². The highest BCUT2D eigenvalue weighted by atomic mass is 28.4. The van der Waals surface area contributed by atoms with Crippen LogP contribution in [0, 0.1) is 0 Å². The van der Waals surface area contributed by atoms with E-state index in [1.165, 1.54) is 30.7 Å². The van der Waals surface area contributed by atoms with Gasteiger partial charge in [0, 0.05) is 18.4 Å². The zero-order valence-electron chi connectivity index (χ0n) is 22.4. The third-order valence-corrected chi connectivity index (χ3v) is 11.6. The molecule has 2 aromatic carbocycles. The van der Waals surface area contributed by atoms with Crippen LogP contribution in [-0.2, 0) is 15.6 Å². The van der Waals surface area contributed by atoms with Gasteiger partial charge < -0.3 is 18.9 Å². The number of benzene rings is 2. The van der Waals surface area contributed by atoms with E-state index in [4.69, 9.17) is 13.9 Å². The van der Waals surface area contributed by atoms with Crippen molar-refractivity contribution in [3.8, 4) is 5.75 Å². The highest BCUT2D eigenvalue weighted by molar-refractivity contribution is 6.99. The van der Waals surface area contributed by atoms with Gasteiger partial charge in [0.05, 0.1) is 14.2 Å². The van der Waals surface area contributed by atoms with Crippen LogP contribution < -0.4 is 20.5 Å². The molecule has 0 unspecified atom stereocenters. The molecule has 0 atom stereocenters. The standard InChI is InChI=1S/C30H37NO5Si/c1-22(17-18-23-21-26(32)28(34-5)27(31-23)29(33)35-6)19-20-36-37(30(2,3)4,24-13-9-7-10-14-24)25-15-11-8-12-16-25/h7-16,21H,1,17-20H2,2-6H3,(H,31,32). The molecule has 0 saturated carbocycles. The number of carbonyl (C=O) groups is 1. The van der Waals surface area contributed by atoms with Crippen molar-refractivity contribution in [3.05, 3.63) is 100 Å². The van der Waals surface area contributed by atoms with Crippen molar-refractivity contribution in [2.75, 3.05) is 20.8 Å². The molecule has 3 aromatic rings. The minimum atomic E-state index is -2.60. The fraction of sp³-hybridized carbons (Fsp3) is 0.333. The molecule has 37 heavy (non-hydrogen) atoms. The molecule has 0 bridgehead atoms. The van der Waals surface area contributed by atoms with E-state index in [0.717, 1.165) is 5.57 Å². The number of aromatic nitrogens is 1. The predicted molar refractivity (Wildman–Crippen MR) is 151 cm³/mol. The van der Waals surface area contributed by atoms with E-state index in [-0.39, 0.29) is 21.9 Å². The number of H-pyrrole nitrogens is 1. The van der Waals surface area contributed by atoms with Crippen LogP contribution >= 0.6 is 0 Å². The number of rotatable bonds is 11. The zero-order valence-corrected chi connectivity index (χ0v) is 23.4. The number of ether oxygens (including phenoxy) is 2. The largest absolute Gasteiger partial charge is 0.491 e. The number of hydrogen-bond donors (Lipinski definition) is 1. The summed E-state index contributed by atoms with van der Waals surface area (Å²) >= 11 is 0. The average molecular weight is 520 g/mol. The van der Waals surface area contributed by atoms with Crippen molar-refractivity contribution in [1.29, 1.82) is 0 Å². The number of esters is 1. The van der Waals surface area contributed by atoms with Crippen LogP contribution in [0.25, 0.3) is 0 Å². The van der Waals surface area contributed by atoms with Gasteiger partial charge in [-0.2, -0.15) is 0 Å². The molecule has 0 amide bonds. The number of pyridine rings is 1. The summed E-state index contributed by atoms with van der Waals surface area (Å²) < 4.78 is 16.8. The first kappa shape index (κ1) is 28.2. The molecule has 0 aliphatic heterocycles. The second-order valence-corrected chi connectivity index (χ2v) is 14.4. The number of methoxy groups -OCH3 is 2.